The van der Waals surface area contributed by atoms with Crippen molar-refractivity contribution in [3.05, 3.63) is 153 Å². The molecule has 286 valence electrons. The van der Waals surface area contributed by atoms with Crippen molar-refractivity contribution >= 4 is 17.3 Å². The molecule has 5 aromatic rings. The van der Waals surface area contributed by atoms with Gasteiger partial charge in [0.1, 0.15) is 5.75 Å². The largest absolute Gasteiger partial charge is 0.496 e. The molecule has 0 atom stereocenters. The van der Waals surface area contributed by atoms with Crippen LogP contribution in [0.4, 0.5) is 5.69 Å². The lowest BCUT2D eigenvalue weighted by Gasteiger charge is -2.21. The van der Waals surface area contributed by atoms with E-state index in [0.29, 0.717) is 23.7 Å². The minimum atomic E-state index is 0.159. The second kappa shape index (κ2) is 24.3. The van der Waals surface area contributed by atoms with E-state index < -0.39 is 0 Å². The highest BCUT2D eigenvalue weighted by molar-refractivity contribution is 6.31. The molecule has 7 heteroatoms. The number of para-hydroxylation sites is 1. The molecule has 0 aliphatic rings. The van der Waals surface area contributed by atoms with Crippen LogP contribution in [0.25, 0.3) is 4.85 Å². The highest BCUT2D eigenvalue weighted by Crippen LogP contribution is 2.30. The molecule has 0 aliphatic carbocycles. The predicted molar refractivity (Wildman–Crippen MR) is 229 cm³/mol. The van der Waals surface area contributed by atoms with Crippen molar-refractivity contribution in [2.45, 2.75) is 112 Å². The molecule has 0 fully saturated rings. The van der Waals surface area contributed by atoms with Gasteiger partial charge >= 0.3 is 0 Å². The first-order valence-corrected chi connectivity index (χ1v) is 18.7. The lowest BCUT2D eigenvalue weighted by Crippen LogP contribution is -2.12. The molecule has 0 bridgehead atoms. The van der Waals surface area contributed by atoms with E-state index in [0.717, 1.165) is 38.7 Å². The molecule has 0 N–H and O–H groups in total. The zero-order chi connectivity index (χ0) is 40.8. The molecule has 1 aromatic carbocycles. The van der Waals surface area contributed by atoms with Gasteiger partial charge in [-0.25, -0.2) is 4.85 Å². The second-order valence-corrected chi connectivity index (χ2v) is 15.3. The fraction of sp³-hybridized carbons (Fsp3) is 0.383. The predicted octanol–water partition coefficient (Wildman–Crippen LogP) is 13.3. The first-order chi connectivity index (χ1) is 25.5. The monoisotopic (exact) mass is 745 g/mol. The number of aromatic nitrogens is 4. The zero-order valence-corrected chi connectivity index (χ0v) is 35.4. The topological polar surface area (TPSA) is 65.2 Å². The number of halogens is 1. The molecule has 4 heterocycles. The van der Waals surface area contributed by atoms with Gasteiger partial charge in [-0.2, -0.15) is 0 Å². The van der Waals surface area contributed by atoms with Crippen molar-refractivity contribution in [3.8, 4) is 18.1 Å². The lowest BCUT2D eigenvalue weighted by atomic mass is 9.86. The lowest BCUT2D eigenvalue weighted by molar-refractivity contribution is 0.397. The molecule has 5 rings (SSSR count). The number of aryl methyl sites for hydroxylation is 1. The van der Waals surface area contributed by atoms with Crippen LogP contribution >= 0.6 is 11.6 Å². The van der Waals surface area contributed by atoms with Gasteiger partial charge in [-0.1, -0.05) is 112 Å². The molecule has 0 unspecified atom stereocenters. The molecule has 0 spiro atoms. The Morgan fingerprint density at radius 1 is 0.667 bits per heavy atom. The van der Waals surface area contributed by atoms with Crippen molar-refractivity contribution in [1.29, 1.82) is 0 Å². The van der Waals surface area contributed by atoms with Crippen LogP contribution in [0.2, 0.25) is 5.02 Å². The van der Waals surface area contributed by atoms with Gasteiger partial charge in [0.05, 0.1) is 13.7 Å². The minimum absolute atomic E-state index is 0.159. The van der Waals surface area contributed by atoms with Crippen molar-refractivity contribution in [2.75, 3.05) is 7.11 Å². The van der Waals surface area contributed by atoms with Gasteiger partial charge < -0.3 is 4.74 Å². The Hall–Kier alpha value is -5.04. The number of rotatable bonds is 5. The molecular formula is C47H60ClN5O. The maximum Gasteiger partial charge on any atom is 0.193 e. The van der Waals surface area contributed by atoms with E-state index in [1.165, 1.54) is 16.7 Å². The van der Waals surface area contributed by atoms with Crippen molar-refractivity contribution < 1.29 is 4.74 Å². The van der Waals surface area contributed by atoms with Crippen LogP contribution in [-0.2, 0) is 5.41 Å². The van der Waals surface area contributed by atoms with E-state index in [-0.39, 0.29) is 5.41 Å². The molecule has 0 amide bonds. The number of methoxy groups -OCH3 is 1. The number of terminal acetylenes is 1. The van der Waals surface area contributed by atoms with E-state index in [1.54, 1.807) is 38.0 Å². The molecule has 0 saturated heterocycles. The summed E-state index contributed by atoms with van der Waals surface area (Å²) in [5.41, 5.74) is 9.07. The maximum atomic E-state index is 6.88. The highest BCUT2D eigenvalue weighted by Gasteiger charge is 2.17. The third kappa shape index (κ3) is 16.3. The maximum absolute atomic E-state index is 6.88. The van der Waals surface area contributed by atoms with Crippen LogP contribution in [0.5, 0.6) is 5.75 Å². The van der Waals surface area contributed by atoms with Crippen LogP contribution in [0.3, 0.4) is 0 Å². The summed E-state index contributed by atoms with van der Waals surface area (Å²) in [4.78, 5) is 19.4. The van der Waals surface area contributed by atoms with E-state index in [4.69, 9.17) is 29.3 Å². The number of benzene rings is 1. The Morgan fingerprint density at radius 2 is 1.13 bits per heavy atom. The summed E-state index contributed by atoms with van der Waals surface area (Å²) in [6.45, 7) is 32.5. The Kier molecular flexibility index (Phi) is 21.1. The van der Waals surface area contributed by atoms with Crippen LogP contribution in [0.1, 0.15) is 139 Å². The standard InChI is InChI=1S/C11H16O.C10H11N.C9H10N2.C9H13N.C8H10ClN/c1-11(2,3)9-7-5-6-8-10(9)12-4;1-4-9-5-6-11-7-10(9)8(2)3;1-7(2)8-6-11-5-4-9(8)10-3;1-7(2)9-6-10-5-4-8(9)3;1-6(2)7-5-10-4-3-8(7)9/h5-8H,1-4H3;1,5-8H,2-3H3;4-7H,1-2H3;4-7H,1-3H3;3-6H,1-2H3. The van der Waals surface area contributed by atoms with E-state index in [2.05, 4.69) is 126 Å². The highest BCUT2D eigenvalue weighted by atomic mass is 35.5. The van der Waals surface area contributed by atoms with E-state index in [9.17, 15) is 0 Å². The Labute approximate surface area is 331 Å². The summed E-state index contributed by atoms with van der Waals surface area (Å²) < 4.78 is 5.27. The average molecular weight is 746 g/mol. The molecule has 6 nitrogen and oxygen atoms in total. The van der Waals surface area contributed by atoms with Crippen molar-refractivity contribution in [1.82, 2.24) is 19.9 Å². The van der Waals surface area contributed by atoms with Crippen LogP contribution < -0.4 is 4.74 Å². The normalized spacial score (nSPS) is 10.3. The van der Waals surface area contributed by atoms with E-state index >= 15 is 0 Å². The summed E-state index contributed by atoms with van der Waals surface area (Å²) in [7, 11) is 1.71. The van der Waals surface area contributed by atoms with Gasteiger partial charge in [-0.05, 0) is 99.7 Å². The first kappa shape index (κ1) is 47.0. The molecule has 0 aliphatic heterocycles. The number of nitrogens with zero attached hydrogens (tertiary/aromatic N) is 5. The number of ether oxygens (including phenoxy) is 1. The Morgan fingerprint density at radius 3 is 1.50 bits per heavy atom. The molecule has 54 heavy (non-hydrogen) atoms. The summed E-state index contributed by atoms with van der Waals surface area (Å²) in [6.07, 6.45) is 19.6. The summed E-state index contributed by atoms with van der Waals surface area (Å²) in [5, 5.41) is 0.810. The van der Waals surface area contributed by atoms with Gasteiger partial charge in [0, 0.05) is 60.2 Å². The van der Waals surface area contributed by atoms with Gasteiger partial charge in [-0.15, -0.1) is 6.42 Å². The first-order valence-electron chi connectivity index (χ1n) is 18.3. The fourth-order valence-electron chi connectivity index (χ4n) is 5.10. The van der Waals surface area contributed by atoms with Gasteiger partial charge in [0.15, 0.2) is 5.69 Å². The number of hydrogen-bond donors (Lipinski definition) is 0. The van der Waals surface area contributed by atoms with Crippen LogP contribution in [-0.4, -0.2) is 27.0 Å². The number of pyridine rings is 4. The average Bonchev–Trinajstić information content (AvgIpc) is 3.15. The quantitative estimate of drug-likeness (QED) is 0.132. The summed E-state index contributed by atoms with van der Waals surface area (Å²) in [5.74, 6) is 5.50. The summed E-state index contributed by atoms with van der Waals surface area (Å²) >= 11 is 5.88. The molecule has 0 radical (unpaired) electrons. The second-order valence-electron chi connectivity index (χ2n) is 14.9. The third-order valence-electron chi connectivity index (χ3n) is 8.23. The minimum Gasteiger partial charge on any atom is -0.496 e. The van der Waals surface area contributed by atoms with Crippen molar-refractivity contribution in [2.24, 2.45) is 0 Å². The smallest absolute Gasteiger partial charge is 0.193 e. The number of hydrogen-bond acceptors (Lipinski definition) is 5. The van der Waals surface area contributed by atoms with Gasteiger partial charge in [-0.3, -0.25) is 19.9 Å². The molecular weight excluding hydrogens is 686 g/mol. The van der Waals surface area contributed by atoms with Crippen LogP contribution in [0, 0.1) is 25.8 Å². The third-order valence-corrected chi connectivity index (χ3v) is 8.58. The molecule has 0 saturated carbocycles. The zero-order valence-electron chi connectivity index (χ0n) is 34.6. The van der Waals surface area contributed by atoms with Gasteiger partial charge in [0.2, 0.25) is 0 Å². The SMILES string of the molecule is C#Cc1ccncc1C(C)C.CC(C)c1cnccc1Cl.COc1ccccc1C(C)(C)C.Cc1ccncc1C(C)C.[C-]#[N+]c1ccncc1C(C)C. The van der Waals surface area contributed by atoms with E-state index in [1.807, 2.05) is 55.1 Å². The van der Waals surface area contributed by atoms with Crippen molar-refractivity contribution in [3.63, 3.8) is 0 Å². The Bertz CT molecular complexity index is 1800. The van der Waals surface area contributed by atoms with Gasteiger partial charge in [0.25, 0.3) is 0 Å². The van der Waals surface area contributed by atoms with Crippen LogP contribution in [0.15, 0.2) is 98.1 Å². The fourth-order valence-corrected chi connectivity index (χ4v) is 5.43. The molecule has 4 aromatic heterocycles. The summed E-state index contributed by atoms with van der Waals surface area (Å²) in [6, 6.07) is 15.6. The Balaban J connectivity index is 0.000000338.